The number of carbonyl (C=O) groups excluding carboxylic acids is 1. The summed E-state index contributed by atoms with van der Waals surface area (Å²) in [7, 11) is 0. The maximum absolute atomic E-state index is 13.1. The van der Waals surface area contributed by atoms with Gasteiger partial charge in [0.15, 0.2) is 0 Å². The third kappa shape index (κ3) is 2.43. The Hall–Kier alpha value is -0.900. The summed E-state index contributed by atoms with van der Waals surface area (Å²) in [4.78, 5) is 13.9. The SMILES string of the molecule is O=C(c1cc(F)ccc1Br)N1CCCCC1. The van der Waals surface area contributed by atoms with Crippen LogP contribution in [0.2, 0.25) is 0 Å². The Morgan fingerprint density at radius 1 is 1.25 bits per heavy atom. The molecule has 0 aromatic heterocycles. The number of rotatable bonds is 1. The second-order valence-corrected chi connectivity index (χ2v) is 4.83. The van der Waals surface area contributed by atoms with Gasteiger partial charge in [0.05, 0.1) is 5.56 Å². The van der Waals surface area contributed by atoms with Crippen molar-refractivity contribution in [2.24, 2.45) is 0 Å². The summed E-state index contributed by atoms with van der Waals surface area (Å²) in [5.74, 6) is -0.449. The Morgan fingerprint density at radius 2 is 1.94 bits per heavy atom. The highest BCUT2D eigenvalue weighted by molar-refractivity contribution is 9.10. The van der Waals surface area contributed by atoms with Crippen molar-refractivity contribution in [2.45, 2.75) is 19.3 Å². The first-order chi connectivity index (χ1) is 7.68. The van der Waals surface area contributed by atoms with Crippen LogP contribution in [-0.2, 0) is 0 Å². The van der Waals surface area contributed by atoms with Crippen molar-refractivity contribution in [3.05, 3.63) is 34.1 Å². The number of hydrogen-bond acceptors (Lipinski definition) is 1. The van der Waals surface area contributed by atoms with E-state index in [-0.39, 0.29) is 11.7 Å². The minimum atomic E-state index is -0.372. The average Bonchev–Trinajstić information content (AvgIpc) is 2.32. The van der Waals surface area contributed by atoms with Crippen molar-refractivity contribution in [1.82, 2.24) is 4.90 Å². The van der Waals surface area contributed by atoms with Crippen LogP contribution >= 0.6 is 15.9 Å². The molecule has 1 aromatic carbocycles. The maximum Gasteiger partial charge on any atom is 0.255 e. The number of piperidine rings is 1. The van der Waals surface area contributed by atoms with Gasteiger partial charge >= 0.3 is 0 Å². The van der Waals surface area contributed by atoms with Crippen molar-refractivity contribution in [2.75, 3.05) is 13.1 Å². The summed E-state index contributed by atoms with van der Waals surface area (Å²) in [5, 5.41) is 0. The van der Waals surface area contributed by atoms with Gasteiger partial charge in [0.25, 0.3) is 5.91 Å². The van der Waals surface area contributed by atoms with E-state index in [0.717, 1.165) is 25.9 Å². The van der Waals surface area contributed by atoms with E-state index in [4.69, 9.17) is 0 Å². The van der Waals surface area contributed by atoms with Gasteiger partial charge in [-0.05, 0) is 53.4 Å². The highest BCUT2D eigenvalue weighted by Crippen LogP contribution is 2.21. The van der Waals surface area contributed by atoms with Crippen LogP contribution in [0.3, 0.4) is 0 Å². The largest absolute Gasteiger partial charge is 0.339 e. The summed E-state index contributed by atoms with van der Waals surface area (Å²) < 4.78 is 13.7. The smallest absolute Gasteiger partial charge is 0.255 e. The molecule has 0 N–H and O–H groups in total. The number of hydrogen-bond donors (Lipinski definition) is 0. The van der Waals surface area contributed by atoms with Gasteiger partial charge in [-0.1, -0.05) is 0 Å². The van der Waals surface area contributed by atoms with Crippen LogP contribution in [0.1, 0.15) is 29.6 Å². The first-order valence-corrected chi connectivity index (χ1v) is 6.22. The molecule has 0 aliphatic carbocycles. The molecule has 1 aromatic rings. The quantitative estimate of drug-likeness (QED) is 0.776. The molecule has 1 saturated heterocycles. The molecule has 0 unspecified atom stereocenters. The van der Waals surface area contributed by atoms with Crippen LogP contribution in [0.5, 0.6) is 0 Å². The fourth-order valence-corrected chi connectivity index (χ4v) is 2.34. The van der Waals surface area contributed by atoms with E-state index in [1.165, 1.54) is 18.6 Å². The van der Waals surface area contributed by atoms with E-state index in [0.29, 0.717) is 10.0 Å². The van der Waals surface area contributed by atoms with E-state index in [1.54, 1.807) is 11.0 Å². The van der Waals surface area contributed by atoms with Crippen molar-refractivity contribution in [3.8, 4) is 0 Å². The topological polar surface area (TPSA) is 20.3 Å². The molecule has 1 amide bonds. The zero-order valence-electron chi connectivity index (χ0n) is 8.88. The standard InChI is InChI=1S/C12H13BrFNO/c13-11-5-4-9(14)8-10(11)12(16)15-6-2-1-3-7-15/h4-5,8H,1-3,6-7H2. The molecule has 1 fully saturated rings. The van der Waals surface area contributed by atoms with E-state index in [1.807, 2.05) is 0 Å². The molecule has 0 radical (unpaired) electrons. The summed E-state index contributed by atoms with van der Waals surface area (Å²) in [6.07, 6.45) is 3.26. The first-order valence-electron chi connectivity index (χ1n) is 5.43. The average molecular weight is 286 g/mol. The predicted octanol–water partition coefficient (Wildman–Crippen LogP) is 3.21. The fraction of sp³-hybridized carbons (Fsp3) is 0.417. The third-order valence-corrected chi connectivity index (χ3v) is 3.49. The zero-order valence-corrected chi connectivity index (χ0v) is 10.5. The van der Waals surface area contributed by atoms with Crippen LogP contribution in [0.25, 0.3) is 0 Å². The van der Waals surface area contributed by atoms with Crippen molar-refractivity contribution < 1.29 is 9.18 Å². The normalized spacial score (nSPS) is 16.2. The number of benzene rings is 1. The minimum Gasteiger partial charge on any atom is -0.339 e. The van der Waals surface area contributed by atoms with E-state index in [2.05, 4.69) is 15.9 Å². The predicted molar refractivity (Wildman–Crippen MR) is 63.9 cm³/mol. The Labute approximate surface area is 103 Å². The fourth-order valence-electron chi connectivity index (χ4n) is 1.93. The summed E-state index contributed by atoms with van der Waals surface area (Å²) in [6.45, 7) is 1.56. The Bertz CT molecular complexity index is 402. The molecule has 0 saturated carbocycles. The van der Waals surface area contributed by atoms with Crippen LogP contribution in [0.15, 0.2) is 22.7 Å². The lowest BCUT2D eigenvalue weighted by Gasteiger charge is -2.27. The maximum atomic E-state index is 13.1. The van der Waals surface area contributed by atoms with E-state index in [9.17, 15) is 9.18 Å². The monoisotopic (exact) mass is 285 g/mol. The Morgan fingerprint density at radius 3 is 2.62 bits per heavy atom. The molecule has 1 aliphatic rings. The number of halogens is 2. The lowest BCUT2D eigenvalue weighted by Crippen LogP contribution is -2.35. The van der Waals surface area contributed by atoms with Crippen LogP contribution < -0.4 is 0 Å². The van der Waals surface area contributed by atoms with Gasteiger partial charge in [0.1, 0.15) is 5.82 Å². The lowest BCUT2D eigenvalue weighted by molar-refractivity contribution is 0.0723. The zero-order chi connectivity index (χ0) is 11.5. The molecule has 2 nitrogen and oxygen atoms in total. The molecule has 0 spiro atoms. The highest BCUT2D eigenvalue weighted by atomic mass is 79.9. The van der Waals surface area contributed by atoms with E-state index < -0.39 is 0 Å². The van der Waals surface area contributed by atoms with Gasteiger partial charge in [0, 0.05) is 17.6 Å². The molecular formula is C12H13BrFNO. The molecule has 0 bridgehead atoms. The van der Waals surface area contributed by atoms with Crippen LogP contribution in [0.4, 0.5) is 4.39 Å². The third-order valence-electron chi connectivity index (χ3n) is 2.80. The molecule has 86 valence electrons. The van der Waals surface area contributed by atoms with Gasteiger partial charge in [-0.15, -0.1) is 0 Å². The van der Waals surface area contributed by atoms with Gasteiger partial charge in [0.2, 0.25) is 0 Å². The van der Waals surface area contributed by atoms with Crippen LogP contribution in [-0.4, -0.2) is 23.9 Å². The number of likely N-dealkylation sites (tertiary alicyclic amines) is 1. The first kappa shape index (κ1) is 11.6. The van der Waals surface area contributed by atoms with Gasteiger partial charge in [-0.3, -0.25) is 4.79 Å². The summed E-state index contributed by atoms with van der Waals surface area (Å²) in [5.41, 5.74) is 0.418. The number of carbonyl (C=O) groups is 1. The minimum absolute atomic E-state index is 0.0777. The van der Waals surface area contributed by atoms with Gasteiger partial charge in [-0.2, -0.15) is 0 Å². The highest BCUT2D eigenvalue weighted by Gasteiger charge is 2.20. The van der Waals surface area contributed by atoms with Crippen LogP contribution in [0, 0.1) is 5.82 Å². The van der Waals surface area contributed by atoms with Crippen molar-refractivity contribution >= 4 is 21.8 Å². The second-order valence-electron chi connectivity index (χ2n) is 3.98. The molecular weight excluding hydrogens is 273 g/mol. The van der Waals surface area contributed by atoms with E-state index >= 15 is 0 Å². The summed E-state index contributed by atoms with van der Waals surface area (Å²) >= 11 is 3.28. The molecule has 2 rings (SSSR count). The molecule has 1 heterocycles. The molecule has 16 heavy (non-hydrogen) atoms. The number of nitrogens with zero attached hydrogens (tertiary/aromatic N) is 1. The second kappa shape index (κ2) is 4.95. The van der Waals surface area contributed by atoms with Crippen molar-refractivity contribution in [1.29, 1.82) is 0 Å². The molecule has 1 aliphatic heterocycles. The number of amides is 1. The summed E-state index contributed by atoms with van der Waals surface area (Å²) in [6, 6.07) is 4.21. The lowest BCUT2D eigenvalue weighted by atomic mass is 10.1. The Balaban J connectivity index is 2.22. The molecule has 4 heteroatoms. The van der Waals surface area contributed by atoms with Crippen molar-refractivity contribution in [3.63, 3.8) is 0 Å². The van der Waals surface area contributed by atoms with Gasteiger partial charge < -0.3 is 4.90 Å². The Kier molecular flexibility index (Phi) is 3.59. The van der Waals surface area contributed by atoms with Gasteiger partial charge in [-0.25, -0.2) is 4.39 Å². The molecule has 0 atom stereocenters.